The highest BCUT2D eigenvalue weighted by Crippen LogP contribution is 2.46. The third-order valence-corrected chi connectivity index (χ3v) is 12.3. The number of ether oxygens (including phenoxy) is 1. The number of carbonyl (C=O) groups excluding carboxylic acids is 4. The van der Waals surface area contributed by atoms with Crippen LogP contribution in [0.1, 0.15) is 109 Å². The van der Waals surface area contributed by atoms with E-state index in [1.807, 2.05) is 39.0 Å². The van der Waals surface area contributed by atoms with E-state index in [1.54, 1.807) is 11.8 Å². The number of fused-ring (bicyclic) bond motifs is 5. The van der Waals surface area contributed by atoms with Crippen LogP contribution in [0.3, 0.4) is 0 Å². The summed E-state index contributed by atoms with van der Waals surface area (Å²) in [4.78, 5) is 70.8. The second kappa shape index (κ2) is 13.7. The molecule has 10 heteroatoms. The summed E-state index contributed by atoms with van der Waals surface area (Å²) >= 11 is 0. The molecule has 0 aromatic carbocycles. The molecule has 2 fully saturated rings. The molecule has 5 aliphatic heterocycles. The zero-order chi connectivity index (χ0) is 36.3. The smallest absolute Gasteiger partial charge is 0.305 e. The van der Waals surface area contributed by atoms with Crippen molar-refractivity contribution in [2.45, 2.75) is 112 Å². The Labute approximate surface area is 300 Å². The molecule has 10 nitrogen and oxygen atoms in total. The Bertz CT molecular complexity index is 1990. The van der Waals surface area contributed by atoms with Crippen LogP contribution in [0.15, 0.2) is 44.3 Å². The summed E-state index contributed by atoms with van der Waals surface area (Å²) in [6.45, 7) is 14.2. The fourth-order valence-corrected chi connectivity index (χ4v) is 9.09. The van der Waals surface area contributed by atoms with Crippen LogP contribution in [0.4, 0.5) is 0 Å². The Morgan fingerprint density at radius 2 is 1.65 bits per heavy atom. The van der Waals surface area contributed by atoms with Gasteiger partial charge < -0.3 is 15.0 Å². The van der Waals surface area contributed by atoms with Gasteiger partial charge in [0.2, 0.25) is 5.91 Å². The van der Waals surface area contributed by atoms with Crippen LogP contribution in [0.5, 0.6) is 0 Å². The normalized spacial score (nSPS) is 32.8. The zero-order valence-corrected chi connectivity index (χ0v) is 31.0. The molecule has 2 unspecified atom stereocenters. The fourth-order valence-electron chi connectivity index (χ4n) is 9.09. The van der Waals surface area contributed by atoms with Gasteiger partial charge in [-0.2, -0.15) is 0 Å². The summed E-state index contributed by atoms with van der Waals surface area (Å²) < 4.78 is 5.46. The average molecular weight is 694 g/mol. The van der Waals surface area contributed by atoms with Crippen molar-refractivity contribution < 1.29 is 23.9 Å². The van der Waals surface area contributed by atoms with Gasteiger partial charge in [0.1, 0.15) is 0 Å². The summed E-state index contributed by atoms with van der Waals surface area (Å²) in [5, 5.41) is 5.14. The molecule has 1 aliphatic carbocycles. The standard InChI is InChI=1S/C41H51N5O5/c1-8-16-51-34(48)15-14-27-22(4)30-18-31-23(5)35(25(7)47)33(43-31)19-29-21(3)20(2)28(42-29)17-32-24(6)36-39(45-32)37(38(27)44-30)41(50)46(40(36)49)26-12-10-9-11-13-26/h17-22,26-27,36,39,43,45H,8-16H2,1-7H3/b28-17-,31-18-,33-19-,38-37+/t20-,21-,22+,27+,36?,39?/m1/s1. The number of piperidine rings is 1. The molecule has 8 bridgehead atoms. The number of H-pyrrole nitrogens is 1. The highest BCUT2D eigenvalue weighted by atomic mass is 16.5. The van der Waals surface area contributed by atoms with E-state index < -0.39 is 12.0 Å². The van der Waals surface area contributed by atoms with Gasteiger partial charge in [0.25, 0.3) is 5.91 Å². The van der Waals surface area contributed by atoms with Gasteiger partial charge in [-0.3, -0.25) is 34.1 Å². The minimum Gasteiger partial charge on any atom is -0.466 e. The van der Waals surface area contributed by atoms with Crippen molar-refractivity contribution in [2.75, 3.05) is 6.61 Å². The number of nitrogens with one attached hydrogen (secondary N) is 2. The topological polar surface area (TPSA) is 133 Å². The number of rotatable bonds is 7. The number of aromatic amines is 1. The first-order valence-corrected chi connectivity index (χ1v) is 19.0. The number of aliphatic imine (C=N–C) groups is 2. The Morgan fingerprint density at radius 1 is 0.941 bits per heavy atom. The Morgan fingerprint density at radius 3 is 2.35 bits per heavy atom. The molecule has 6 heterocycles. The number of imide groups is 1. The predicted molar refractivity (Wildman–Crippen MR) is 197 cm³/mol. The number of Topliss-reactive ketones (excluding diaryl/α,β-unsaturated/α-hetero) is 1. The second-order valence-electron chi connectivity index (χ2n) is 15.5. The van der Waals surface area contributed by atoms with Gasteiger partial charge in [0.15, 0.2) is 5.78 Å². The van der Waals surface area contributed by atoms with Crippen molar-refractivity contribution >= 4 is 47.1 Å². The van der Waals surface area contributed by atoms with Crippen LogP contribution in [-0.4, -0.2) is 63.6 Å². The summed E-state index contributed by atoms with van der Waals surface area (Å²) in [5.74, 6) is -1.51. The summed E-state index contributed by atoms with van der Waals surface area (Å²) in [6, 6.07) is -0.740. The van der Waals surface area contributed by atoms with Gasteiger partial charge in [-0.05, 0) is 75.8 Å². The van der Waals surface area contributed by atoms with Crippen LogP contribution in [0.25, 0.3) is 12.2 Å². The number of amides is 2. The van der Waals surface area contributed by atoms with Crippen molar-refractivity contribution in [1.82, 2.24) is 15.2 Å². The van der Waals surface area contributed by atoms with Gasteiger partial charge >= 0.3 is 5.97 Å². The van der Waals surface area contributed by atoms with Crippen molar-refractivity contribution in [3.05, 3.63) is 56.1 Å². The van der Waals surface area contributed by atoms with E-state index in [4.69, 9.17) is 14.7 Å². The maximum Gasteiger partial charge on any atom is 0.305 e. The molecule has 0 radical (unpaired) electrons. The molecule has 2 amide bonds. The number of hydrogen-bond acceptors (Lipinski definition) is 8. The van der Waals surface area contributed by atoms with Crippen molar-refractivity contribution in [1.29, 1.82) is 0 Å². The number of carbonyl (C=O) groups is 4. The van der Waals surface area contributed by atoms with E-state index in [0.717, 1.165) is 77.8 Å². The van der Waals surface area contributed by atoms with Crippen LogP contribution >= 0.6 is 0 Å². The minimum atomic E-state index is -0.586. The van der Waals surface area contributed by atoms with Crippen LogP contribution in [0, 0.1) is 36.5 Å². The maximum absolute atomic E-state index is 14.9. The van der Waals surface area contributed by atoms with Gasteiger partial charge in [0, 0.05) is 69.9 Å². The predicted octanol–water partition coefficient (Wildman–Crippen LogP) is 4.97. The molecule has 6 atom stereocenters. The largest absolute Gasteiger partial charge is 0.466 e. The van der Waals surface area contributed by atoms with Crippen LogP contribution in [-0.2, 0) is 19.1 Å². The molecule has 51 heavy (non-hydrogen) atoms. The number of likely N-dealkylation sites (tertiary alicyclic amines) is 1. The monoisotopic (exact) mass is 693 g/mol. The summed E-state index contributed by atoms with van der Waals surface area (Å²) in [5.41, 5.74) is 6.84. The highest BCUT2D eigenvalue weighted by molar-refractivity contribution is 6.17. The SMILES string of the molecule is CCCOC(=O)CC[C@@H]1/C2=C3\C(=O)N(C4CCCCC4)C(=O)C4C(C)=C(/C=C5N=C(/C=c6\[nH]/c(c(C)c6C(C)=O)=C\C(=N2)[C@H]1C)[C@H](C)[C@H]\5C)NC34. The van der Waals surface area contributed by atoms with Crippen molar-refractivity contribution in [3.63, 3.8) is 0 Å². The average Bonchev–Trinajstić information content (AvgIpc) is 3.77. The lowest BCUT2D eigenvalue weighted by atomic mass is 9.78. The number of nitrogens with zero attached hydrogens (tertiary/aromatic N) is 3. The first-order chi connectivity index (χ1) is 24.4. The molecule has 1 saturated carbocycles. The maximum atomic E-state index is 14.9. The molecular formula is C41H51N5O5. The number of ketones is 1. The lowest BCUT2D eigenvalue weighted by Crippen LogP contribution is -2.58. The lowest BCUT2D eigenvalue weighted by Gasteiger charge is -2.41. The number of allylic oxidation sites excluding steroid dienone is 3. The van der Waals surface area contributed by atoms with E-state index in [0.29, 0.717) is 35.2 Å². The van der Waals surface area contributed by atoms with E-state index in [2.05, 4.69) is 31.1 Å². The molecular weight excluding hydrogens is 642 g/mol. The third kappa shape index (κ3) is 5.98. The Balaban J connectivity index is 1.48. The highest BCUT2D eigenvalue weighted by Gasteiger charge is 2.53. The number of esters is 1. The first-order valence-electron chi connectivity index (χ1n) is 19.0. The fraction of sp³-hybridized carbons (Fsp3) is 0.561. The second-order valence-corrected chi connectivity index (χ2v) is 15.5. The van der Waals surface area contributed by atoms with E-state index in [9.17, 15) is 19.2 Å². The molecule has 2 N–H and O–H groups in total. The Hall–Kier alpha value is -4.34. The quantitative estimate of drug-likeness (QED) is 0.236. The molecule has 1 aromatic heterocycles. The van der Waals surface area contributed by atoms with Crippen molar-refractivity contribution in [2.24, 2.45) is 39.6 Å². The molecule has 270 valence electrons. The summed E-state index contributed by atoms with van der Waals surface area (Å²) in [6.07, 6.45) is 12.1. The number of hydrogen-bond donors (Lipinski definition) is 2. The van der Waals surface area contributed by atoms with Gasteiger partial charge in [-0.15, -0.1) is 0 Å². The van der Waals surface area contributed by atoms with Crippen molar-refractivity contribution in [3.8, 4) is 0 Å². The third-order valence-electron chi connectivity index (χ3n) is 12.3. The van der Waals surface area contributed by atoms with Gasteiger partial charge in [0.05, 0.1) is 35.2 Å². The number of aromatic nitrogens is 1. The molecule has 1 aromatic rings. The molecule has 6 aliphatic rings. The minimum absolute atomic E-state index is 0.0380. The zero-order valence-electron chi connectivity index (χ0n) is 31.0. The van der Waals surface area contributed by atoms with E-state index >= 15 is 0 Å². The molecule has 0 spiro atoms. The molecule has 7 rings (SSSR count). The van der Waals surface area contributed by atoms with Crippen LogP contribution < -0.4 is 16.0 Å². The van der Waals surface area contributed by atoms with E-state index in [1.165, 1.54) is 0 Å². The summed E-state index contributed by atoms with van der Waals surface area (Å²) in [7, 11) is 0. The lowest BCUT2D eigenvalue weighted by molar-refractivity contribution is -0.151. The Kier molecular flexibility index (Phi) is 9.39. The van der Waals surface area contributed by atoms with Gasteiger partial charge in [-0.1, -0.05) is 47.0 Å². The molecule has 1 saturated heterocycles. The first kappa shape index (κ1) is 35.1. The van der Waals surface area contributed by atoms with E-state index in [-0.39, 0.29) is 59.7 Å². The van der Waals surface area contributed by atoms with Gasteiger partial charge in [-0.25, -0.2) is 0 Å². The van der Waals surface area contributed by atoms with Crippen LogP contribution in [0.2, 0.25) is 0 Å².